The highest BCUT2D eigenvalue weighted by atomic mass is 16.4. The zero-order valence-corrected chi connectivity index (χ0v) is 51.8. The van der Waals surface area contributed by atoms with E-state index in [2.05, 4.69) is 53.2 Å². The van der Waals surface area contributed by atoms with E-state index in [1.54, 1.807) is 13.8 Å². The van der Waals surface area contributed by atoms with Gasteiger partial charge in [-0.15, -0.1) is 0 Å². The van der Waals surface area contributed by atoms with Crippen molar-refractivity contribution in [2.45, 2.75) is 210 Å². The summed E-state index contributed by atoms with van der Waals surface area (Å²) < 4.78 is 0. The van der Waals surface area contributed by atoms with Gasteiger partial charge in [0.25, 0.3) is 0 Å². The van der Waals surface area contributed by atoms with Crippen LogP contribution in [0.1, 0.15) is 144 Å². The van der Waals surface area contributed by atoms with Crippen LogP contribution in [0.4, 0.5) is 0 Å². The second-order valence-corrected chi connectivity index (χ2v) is 22.8. The highest BCUT2D eigenvalue weighted by Crippen LogP contribution is 2.21. The van der Waals surface area contributed by atoms with Crippen LogP contribution in [0.15, 0.2) is 0 Å². The molecule has 32 heteroatoms. The third-order valence-corrected chi connectivity index (χ3v) is 15.0. The Morgan fingerprint density at radius 2 is 0.841 bits per heavy atom. The normalized spacial score (nSPS) is 17.7. The molecule has 12 amide bonds. The molecule has 32 nitrogen and oxygen atoms in total. The van der Waals surface area contributed by atoms with Crippen LogP contribution in [0, 0.1) is 5.92 Å². The number of carbonyl (C=O) groups excluding carboxylic acids is 12. The maximum absolute atomic E-state index is 14.3. The van der Waals surface area contributed by atoms with Crippen molar-refractivity contribution in [2.24, 2.45) is 34.6 Å². The number of likely N-dealkylation sites (tertiary alicyclic amines) is 2. The molecule has 2 fully saturated rings. The number of nitrogens with zero attached hydrogens (tertiary/aromatic N) is 2. The average molecular weight is 1250 g/mol. The van der Waals surface area contributed by atoms with Crippen molar-refractivity contribution in [2.75, 3.05) is 58.9 Å². The number of carboxylic acid groups (broad SMARTS) is 1. The summed E-state index contributed by atoms with van der Waals surface area (Å²) in [6.45, 7) is 7.61. The van der Waals surface area contributed by atoms with Gasteiger partial charge in [0.1, 0.15) is 60.4 Å². The van der Waals surface area contributed by atoms with Crippen molar-refractivity contribution in [3.63, 3.8) is 0 Å². The molecular formula is C56H101N17O15. The van der Waals surface area contributed by atoms with E-state index in [0.29, 0.717) is 70.8 Å². The summed E-state index contributed by atoms with van der Waals surface area (Å²) in [5.74, 6) is -10.1. The first-order valence-electron chi connectivity index (χ1n) is 30.7. The molecule has 2 heterocycles. The number of aliphatic hydroxyl groups is 1. The van der Waals surface area contributed by atoms with E-state index in [0.717, 1.165) is 0 Å². The van der Waals surface area contributed by atoms with Gasteiger partial charge in [0.2, 0.25) is 70.9 Å². The Hall–Kier alpha value is -7.13. The van der Waals surface area contributed by atoms with Crippen molar-refractivity contribution in [1.82, 2.24) is 63.0 Å². The molecule has 2 rings (SSSR count). The Labute approximate surface area is 514 Å². The molecule has 0 unspecified atom stereocenters. The molecule has 500 valence electrons. The van der Waals surface area contributed by atoms with Gasteiger partial charge >= 0.3 is 5.97 Å². The summed E-state index contributed by atoms with van der Waals surface area (Å²) in [6, 6.07) is -12.6. The number of nitrogens with one attached hydrogen (secondary N) is 10. The number of aliphatic hydroxyl groups excluding tert-OH is 1. The van der Waals surface area contributed by atoms with Crippen LogP contribution in [0.5, 0.6) is 0 Å². The maximum Gasteiger partial charge on any atom is 0.326 e. The van der Waals surface area contributed by atoms with Crippen molar-refractivity contribution in [3.05, 3.63) is 0 Å². The lowest BCUT2D eigenvalue weighted by Gasteiger charge is -2.32. The molecule has 0 aromatic carbocycles. The van der Waals surface area contributed by atoms with Gasteiger partial charge in [-0.3, -0.25) is 57.5 Å². The number of carboxylic acids is 1. The second kappa shape index (κ2) is 41.2. The number of hydrogen-bond donors (Lipinski definition) is 17. The topological polar surface area (TPSA) is 519 Å². The SMILES string of the molecule is CC(C)C[C@H](NC(=O)[C@H](CCCCN)NC(=O)[C@H](CCCCN)NC(=O)[C@H](C)NC(=O)[C@H](CCCCN)NC(=O)[C@H](CCCCN)NC(=O)[C@@H]1CCCN1C(=O)[C@@H](NC(=O)[C@H](C)NC(=O)[C@@H]1CCCN1C(=O)CNC(=O)CNC(=O)CN)[C@@H](C)O)C(=O)O. The Morgan fingerprint density at radius 3 is 1.28 bits per heavy atom. The number of hydrogen-bond acceptors (Lipinski definition) is 19. The van der Waals surface area contributed by atoms with Crippen molar-refractivity contribution >= 4 is 76.9 Å². The summed E-state index contributed by atoms with van der Waals surface area (Å²) >= 11 is 0. The van der Waals surface area contributed by atoms with Crippen LogP contribution >= 0.6 is 0 Å². The van der Waals surface area contributed by atoms with E-state index in [4.69, 9.17) is 28.7 Å². The molecule has 0 aliphatic carbocycles. The second-order valence-electron chi connectivity index (χ2n) is 22.8. The largest absolute Gasteiger partial charge is 0.480 e. The predicted molar refractivity (Wildman–Crippen MR) is 322 cm³/mol. The number of aliphatic carboxylic acids is 1. The number of carbonyl (C=O) groups is 13. The summed E-state index contributed by atoms with van der Waals surface area (Å²) in [7, 11) is 0. The van der Waals surface area contributed by atoms with Crippen LogP contribution in [-0.4, -0.2) is 222 Å². The molecule has 0 radical (unpaired) electrons. The lowest BCUT2D eigenvalue weighted by molar-refractivity contribution is -0.145. The van der Waals surface area contributed by atoms with Gasteiger partial charge in [-0.2, -0.15) is 0 Å². The quantitative estimate of drug-likeness (QED) is 0.0253. The highest BCUT2D eigenvalue weighted by Gasteiger charge is 2.42. The van der Waals surface area contributed by atoms with Gasteiger partial charge in [-0.1, -0.05) is 13.8 Å². The fraction of sp³-hybridized carbons (Fsp3) is 0.768. The molecule has 2 aliphatic heterocycles. The van der Waals surface area contributed by atoms with Crippen molar-refractivity contribution in [3.8, 4) is 0 Å². The highest BCUT2D eigenvalue weighted by molar-refractivity contribution is 5.99. The fourth-order valence-electron chi connectivity index (χ4n) is 9.95. The van der Waals surface area contributed by atoms with Crippen molar-refractivity contribution in [1.29, 1.82) is 0 Å². The van der Waals surface area contributed by atoms with Gasteiger partial charge in [0.05, 0.1) is 25.7 Å². The molecule has 0 saturated carbocycles. The molecular weight excluding hydrogens is 1150 g/mol. The summed E-state index contributed by atoms with van der Waals surface area (Å²) in [5, 5.41) is 46.2. The first kappa shape index (κ1) is 77.0. The molecule has 11 atom stereocenters. The molecule has 0 bridgehead atoms. The van der Waals surface area contributed by atoms with E-state index in [1.165, 1.54) is 30.6 Å². The van der Waals surface area contributed by atoms with E-state index in [-0.39, 0.29) is 90.1 Å². The monoisotopic (exact) mass is 1250 g/mol. The first-order valence-corrected chi connectivity index (χ1v) is 30.7. The van der Waals surface area contributed by atoms with Gasteiger partial charge in [0.15, 0.2) is 0 Å². The van der Waals surface area contributed by atoms with Crippen LogP contribution in [0.2, 0.25) is 0 Å². The summed E-state index contributed by atoms with van der Waals surface area (Å²) in [6.07, 6.45) is 3.42. The Kier molecular flexibility index (Phi) is 36.0. The van der Waals surface area contributed by atoms with Crippen LogP contribution in [0.25, 0.3) is 0 Å². The van der Waals surface area contributed by atoms with E-state index < -0.39 is 156 Å². The Bertz CT molecular complexity index is 2330. The lowest BCUT2D eigenvalue weighted by atomic mass is 10.0. The lowest BCUT2D eigenvalue weighted by Crippen LogP contribution is -2.61. The fourth-order valence-corrected chi connectivity index (χ4v) is 9.95. The minimum Gasteiger partial charge on any atom is -0.480 e. The number of rotatable bonds is 42. The van der Waals surface area contributed by atoms with Gasteiger partial charge in [-0.05, 0) is 162 Å². The molecule has 0 aromatic rings. The van der Waals surface area contributed by atoms with Gasteiger partial charge < -0.3 is 102 Å². The van der Waals surface area contributed by atoms with Crippen LogP contribution in [0.3, 0.4) is 0 Å². The molecule has 22 N–H and O–H groups in total. The molecule has 88 heavy (non-hydrogen) atoms. The average Bonchev–Trinajstić information content (AvgIpc) is 2.97. The smallest absolute Gasteiger partial charge is 0.326 e. The standard InChI is InChI=1S/C56H101N17O15/c1-32(2)28-40(56(87)88)70-52(83)38(18-8-12-24-59)68-50(81)37(17-7-11-23-58)66-47(78)33(3)64-49(80)36(16-6-10-22-57)67-51(82)39(19-9-13-25-60)69-54(85)42-21-15-27-73(42)55(86)46(35(5)74)71-48(79)34(4)65-53(84)41-20-14-26-72(41)45(77)31-63-44(76)30-62-43(75)29-61/h32-42,46,74H,6-31,57-61H2,1-5H3,(H,62,75)(H,63,76)(H,64,80)(H,65,84)(H,66,78)(H,67,82)(H,68,81)(H,69,85)(H,70,83)(H,71,79)(H,87,88)/t33-,34-,35+,36-,37-,38-,39-,40-,41-,42-,46-/m0/s1. The predicted octanol–water partition coefficient (Wildman–Crippen LogP) is -5.89. The van der Waals surface area contributed by atoms with Crippen molar-refractivity contribution < 1.29 is 72.5 Å². The molecule has 2 saturated heterocycles. The zero-order chi connectivity index (χ0) is 66.0. The van der Waals surface area contributed by atoms with Crippen LogP contribution < -0.4 is 81.8 Å². The number of unbranched alkanes of at least 4 members (excludes halogenated alkanes) is 4. The first-order chi connectivity index (χ1) is 41.7. The number of amides is 12. The third-order valence-electron chi connectivity index (χ3n) is 15.0. The minimum absolute atomic E-state index is 0.0232. The molecule has 2 aliphatic rings. The number of nitrogens with two attached hydrogens (primary N) is 5. The van der Waals surface area contributed by atoms with E-state index in [1.807, 2.05) is 0 Å². The Morgan fingerprint density at radius 1 is 0.455 bits per heavy atom. The molecule has 0 aromatic heterocycles. The van der Waals surface area contributed by atoms with E-state index >= 15 is 0 Å². The minimum atomic E-state index is -1.61. The van der Waals surface area contributed by atoms with Gasteiger partial charge in [-0.25, -0.2) is 4.79 Å². The molecule has 0 spiro atoms. The third kappa shape index (κ3) is 27.1. The van der Waals surface area contributed by atoms with Crippen LogP contribution in [-0.2, 0) is 62.3 Å². The summed E-state index contributed by atoms with van der Waals surface area (Å²) in [5.41, 5.74) is 28.2. The van der Waals surface area contributed by atoms with Gasteiger partial charge in [0, 0.05) is 13.1 Å². The van der Waals surface area contributed by atoms with E-state index in [9.17, 15) is 72.5 Å². The Balaban J connectivity index is 2.25. The summed E-state index contributed by atoms with van der Waals surface area (Å²) in [4.78, 5) is 176. The zero-order valence-electron chi connectivity index (χ0n) is 51.8. The maximum atomic E-state index is 14.3.